The van der Waals surface area contributed by atoms with Gasteiger partial charge in [0.15, 0.2) is 12.4 Å². The molecule has 112 valence electrons. The molecule has 0 spiro atoms. The van der Waals surface area contributed by atoms with Gasteiger partial charge in [0.05, 0.1) is 17.8 Å². The molecule has 6 heteroatoms. The molecule has 2 N–H and O–H groups in total. The van der Waals surface area contributed by atoms with E-state index in [0.717, 1.165) is 37.1 Å². The summed E-state index contributed by atoms with van der Waals surface area (Å²) in [7, 11) is 1.84. The highest BCUT2D eigenvalue weighted by molar-refractivity contribution is 5.78. The maximum Gasteiger partial charge on any atom is 0.258 e. The van der Waals surface area contributed by atoms with Crippen molar-refractivity contribution in [3.8, 4) is 5.75 Å². The molecular weight excluding hydrogens is 258 g/mol. The van der Waals surface area contributed by atoms with Crippen LogP contribution in [-0.4, -0.2) is 39.5 Å². The van der Waals surface area contributed by atoms with Crippen LogP contribution in [0.1, 0.15) is 37.1 Å². The molecule has 0 aromatic carbocycles. The molecule has 6 nitrogen and oxygen atoms in total. The van der Waals surface area contributed by atoms with Gasteiger partial charge in [-0.3, -0.25) is 9.48 Å². The Morgan fingerprint density at radius 2 is 2.15 bits per heavy atom. The number of rotatable bonds is 4. The first kappa shape index (κ1) is 14.8. The van der Waals surface area contributed by atoms with Gasteiger partial charge in [-0.2, -0.15) is 5.10 Å². The third-order valence-corrected chi connectivity index (χ3v) is 3.87. The fourth-order valence-electron chi connectivity index (χ4n) is 2.63. The molecule has 20 heavy (non-hydrogen) atoms. The predicted molar refractivity (Wildman–Crippen MR) is 74.6 cm³/mol. The molecule has 1 aliphatic carbocycles. The second-order valence-electron chi connectivity index (χ2n) is 5.44. The van der Waals surface area contributed by atoms with Crippen molar-refractivity contribution < 1.29 is 14.6 Å². The van der Waals surface area contributed by atoms with Crippen LogP contribution in [0.4, 0.5) is 0 Å². The van der Waals surface area contributed by atoms with Crippen molar-refractivity contribution >= 4 is 5.91 Å². The number of hydrogen-bond donors (Lipinski definition) is 2. The van der Waals surface area contributed by atoms with E-state index in [-0.39, 0.29) is 18.6 Å². The summed E-state index contributed by atoms with van der Waals surface area (Å²) in [6.07, 6.45) is 3.22. The first-order chi connectivity index (χ1) is 9.49. The zero-order valence-corrected chi connectivity index (χ0v) is 12.3. The minimum absolute atomic E-state index is 0.0450. The highest BCUT2D eigenvalue weighted by Gasteiger charge is 2.24. The van der Waals surface area contributed by atoms with E-state index in [2.05, 4.69) is 10.4 Å². The molecule has 1 aromatic heterocycles. The number of aryl methyl sites for hydroxylation is 2. The molecule has 2 rings (SSSR count). The van der Waals surface area contributed by atoms with Crippen molar-refractivity contribution in [1.29, 1.82) is 0 Å². The maximum atomic E-state index is 11.9. The summed E-state index contributed by atoms with van der Waals surface area (Å²) < 4.78 is 7.28. The molecule has 1 amide bonds. The Morgan fingerprint density at radius 3 is 2.75 bits per heavy atom. The van der Waals surface area contributed by atoms with E-state index in [1.165, 1.54) is 0 Å². The topological polar surface area (TPSA) is 76.4 Å². The van der Waals surface area contributed by atoms with Gasteiger partial charge < -0.3 is 15.2 Å². The van der Waals surface area contributed by atoms with Gasteiger partial charge in [-0.15, -0.1) is 0 Å². The predicted octanol–water partition coefficient (Wildman–Crippen LogP) is 0.835. The van der Waals surface area contributed by atoms with E-state index in [1.807, 2.05) is 20.9 Å². The fraction of sp³-hybridized carbons (Fsp3) is 0.714. The van der Waals surface area contributed by atoms with Crippen LogP contribution in [0.25, 0.3) is 0 Å². The molecule has 1 heterocycles. The first-order valence-electron chi connectivity index (χ1n) is 7.09. The van der Waals surface area contributed by atoms with E-state index >= 15 is 0 Å². The van der Waals surface area contributed by atoms with Gasteiger partial charge in [0.2, 0.25) is 0 Å². The van der Waals surface area contributed by atoms with E-state index in [0.29, 0.717) is 5.75 Å². The lowest BCUT2D eigenvalue weighted by molar-refractivity contribution is -0.125. The van der Waals surface area contributed by atoms with Gasteiger partial charge in [0.25, 0.3) is 5.91 Å². The Labute approximate surface area is 119 Å². The van der Waals surface area contributed by atoms with Gasteiger partial charge in [-0.25, -0.2) is 0 Å². The summed E-state index contributed by atoms with van der Waals surface area (Å²) in [4.78, 5) is 11.9. The Hall–Kier alpha value is -1.56. The summed E-state index contributed by atoms with van der Waals surface area (Å²) in [6.45, 7) is 3.71. The molecule has 0 unspecified atom stereocenters. The van der Waals surface area contributed by atoms with E-state index < -0.39 is 6.10 Å². The molecule has 0 bridgehead atoms. The van der Waals surface area contributed by atoms with E-state index in [1.54, 1.807) is 4.68 Å². The number of nitrogens with zero attached hydrogens (tertiary/aromatic N) is 2. The number of carbonyl (C=O) groups excluding carboxylic acids is 1. The number of carbonyl (C=O) groups is 1. The van der Waals surface area contributed by atoms with Crippen molar-refractivity contribution in [2.75, 3.05) is 6.61 Å². The molecular formula is C14H23N3O3. The number of aliphatic hydroxyl groups excluding tert-OH is 1. The monoisotopic (exact) mass is 281 g/mol. The molecule has 0 radical (unpaired) electrons. The van der Waals surface area contributed by atoms with Crippen LogP contribution in [0.5, 0.6) is 5.75 Å². The number of nitrogens with one attached hydrogen (secondary N) is 1. The molecule has 2 atom stereocenters. The Morgan fingerprint density at radius 1 is 1.45 bits per heavy atom. The lowest BCUT2D eigenvalue weighted by Crippen LogP contribution is -2.46. The first-order valence-corrected chi connectivity index (χ1v) is 7.09. The molecule has 1 fully saturated rings. The quantitative estimate of drug-likeness (QED) is 0.857. The van der Waals surface area contributed by atoms with Gasteiger partial charge in [-0.05, 0) is 26.7 Å². The summed E-state index contributed by atoms with van der Waals surface area (Å²) in [5.74, 6) is 0.463. The number of ether oxygens (including phenoxy) is 1. The Kier molecular flexibility index (Phi) is 4.65. The summed E-state index contributed by atoms with van der Waals surface area (Å²) in [5.41, 5.74) is 1.67. The van der Waals surface area contributed by atoms with Crippen LogP contribution < -0.4 is 10.1 Å². The molecule has 0 aliphatic heterocycles. The summed E-state index contributed by atoms with van der Waals surface area (Å²) in [6, 6.07) is -0.143. The summed E-state index contributed by atoms with van der Waals surface area (Å²) in [5, 5.41) is 16.9. The molecule has 1 aromatic rings. The SMILES string of the molecule is Cc1nn(C)c(C)c1OCC(=O)N[C@H]1CCCC[C@H]1O. The van der Waals surface area contributed by atoms with Crippen LogP contribution in [-0.2, 0) is 11.8 Å². The average Bonchev–Trinajstić information content (AvgIpc) is 2.64. The molecule has 1 aliphatic rings. The lowest BCUT2D eigenvalue weighted by atomic mass is 9.92. The second kappa shape index (κ2) is 6.26. The number of hydrogen-bond acceptors (Lipinski definition) is 4. The molecule has 1 saturated carbocycles. The van der Waals surface area contributed by atoms with Gasteiger partial charge in [0, 0.05) is 7.05 Å². The smallest absolute Gasteiger partial charge is 0.258 e. The van der Waals surface area contributed by atoms with E-state index in [9.17, 15) is 9.90 Å². The zero-order chi connectivity index (χ0) is 14.7. The Bertz CT molecular complexity index is 484. The van der Waals surface area contributed by atoms with Gasteiger partial charge in [-0.1, -0.05) is 12.8 Å². The second-order valence-corrected chi connectivity index (χ2v) is 5.44. The van der Waals surface area contributed by atoms with Gasteiger partial charge >= 0.3 is 0 Å². The van der Waals surface area contributed by atoms with Crippen molar-refractivity contribution in [2.45, 2.75) is 51.7 Å². The highest BCUT2D eigenvalue weighted by atomic mass is 16.5. The van der Waals surface area contributed by atoms with E-state index in [4.69, 9.17) is 4.74 Å². The number of amides is 1. The normalized spacial score (nSPS) is 22.6. The summed E-state index contributed by atoms with van der Waals surface area (Å²) >= 11 is 0. The Balaban J connectivity index is 1.86. The standard InChI is InChI=1S/C14H23N3O3/c1-9-14(10(2)17(3)16-9)20-8-13(19)15-11-6-4-5-7-12(11)18/h11-12,18H,4-8H2,1-3H3,(H,15,19)/t11-,12+/m0/s1. The zero-order valence-electron chi connectivity index (χ0n) is 12.3. The molecule has 0 saturated heterocycles. The largest absolute Gasteiger partial charge is 0.480 e. The van der Waals surface area contributed by atoms with Crippen molar-refractivity contribution in [3.05, 3.63) is 11.4 Å². The fourth-order valence-corrected chi connectivity index (χ4v) is 2.63. The van der Waals surface area contributed by atoms with Crippen molar-refractivity contribution in [2.24, 2.45) is 7.05 Å². The van der Waals surface area contributed by atoms with Crippen molar-refractivity contribution in [3.63, 3.8) is 0 Å². The maximum absolute atomic E-state index is 11.9. The van der Waals surface area contributed by atoms with Crippen LogP contribution in [0, 0.1) is 13.8 Å². The minimum atomic E-state index is -0.436. The third kappa shape index (κ3) is 3.30. The van der Waals surface area contributed by atoms with Crippen LogP contribution in [0.15, 0.2) is 0 Å². The van der Waals surface area contributed by atoms with Crippen LogP contribution in [0.2, 0.25) is 0 Å². The lowest BCUT2D eigenvalue weighted by Gasteiger charge is -2.28. The van der Waals surface area contributed by atoms with Crippen LogP contribution >= 0.6 is 0 Å². The van der Waals surface area contributed by atoms with Crippen LogP contribution in [0.3, 0.4) is 0 Å². The third-order valence-electron chi connectivity index (χ3n) is 3.87. The number of aliphatic hydroxyl groups is 1. The van der Waals surface area contributed by atoms with Crippen molar-refractivity contribution in [1.82, 2.24) is 15.1 Å². The van der Waals surface area contributed by atoms with Gasteiger partial charge in [0.1, 0.15) is 5.69 Å². The number of aromatic nitrogens is 2. The average molecular weight is 281 g/mol. The minimum Gasteiger partial charge on any atom is -0.480 e. The highest BCUT2D eigenvalue weighted by Crippen LogP contribution is 2.21.